The summed E-state index contributed by atoms with van der Waals surface area (Å²) < 4.78 is 22.7. The number of carboxylic acids is 1. The molecular formula is C9H9N3O4S. The van der Waals surface area contributed by atoms with Crippen LogP contribution in [0.1, 0.15) is 15.9 Å². The molecule has 0 saturated carbocycles. The zero-order valence-electron chi connectivity index (χ0n) is 8.86. The Morgan fingerprint density at radius 2 is 2.12 bits per heavy atom. The van der Waals surface area contributed by atoms with E-state index >= 15 is 0 Å². The average Bonchev–Trinajstić information content (AvgIpc) is 2.24. The van der Waals surface area contributed by atoms with Crippen molar-refractivity contribution in [3.05, 3.63) is 39.8 Å². The van der Waals surface area contributed by atoms with Crippen molar-refractivity contribution in [2.24, 2.45) is 5.11 Å². The van der Waals surface area contributed by atoms with E-state index in [0.717, 1.165) is 12.3 Å². The molecule has 1 aromatic carbocycles. The van der Waals surface area contributed by atoms with E-state index in [1.807, 2.05) is 0 Å². The Balaban J connectivity index is 3.38. The van der Waals surface area contributed by atoms with Crippen molar-refractivity contribution in [1.82, 2.24) is 0 Å². The van der Waals surface area contributed by atoms with Gasteiger partial charge in [0.05, 0.1) is 17.0 Å². The first-order chi connectivity index (χ1) is 7.84. The number of carboxylic acid groups (broad SMARTS) is 1. The normalized spacial score (nSPS) is 10.6. The molecule has 0 atom stereocenters. The second kappa shape index (κ2) is 4.86. The molecule has 90 valence electrons. The Hall–Kier alpha value is -2.05. The van der Waals surface area contributed by atoms with Crippen LogP contribution < -0.4 is 0 Å². The lowest BCUT2D eigenvalue weighted by Gasteiger charge is -2.04. The van der Waals surface area contributed by atoms with Crippen LogP contribution in [-0.4, -0.2) is 25.7 Å². The molecule has 1 N–H and O–H groups in total. The van der Waals surface area contributed by atoms with Crippen LogP contribution in [0.4, 0.5) is 0 Å². The van der Waals surface area contributed by atoms with Crippen molar-refractivity contribution in [3.63, 3.8) is 0 Å². The maximum atomic E-state index is 11.3. The van der Waals surface area contributed by atoms with Crippen molar-refractivity contribution in [2.45, 2.75) is 11.4 Å². The highest BCUT2D eigenvalue weighted by Crippen LogP contribution is 2.16. The highest BCUT2D eigenvalue weighted by atomic mass is 32.2. The van der Waals surface area contributed by atoms with Gasteiger partial charge in [-0.3, -0.25) is 0 Å². The fourth-order valence-electron chi connectivity index (χ4n) is 1.20. The van der Waals surface area contributed by atoms with E-state index < -0.39 is 15.8 Å². The van der Waals surface area contributed by atoms with E-state index in [-0.39, 0.29) is 17.0 Å². The molecule has 0 aliphatic heterocycles. The van der Waals surface area contributed by atoms with Crippen molar-refractivity contribution in [3.8, 4) is 0 Å². The minimum absolute atomic E-state index is 0.0971. The van der Waals surface area contributed by atoms with Crippen LogP contribution in [0.5, 0.6) is 0 Å². The van der Waals surface area contributed by atoms with Crippen LogP contribution in [0.15, 0.2) is 28.2 Å². The molecule has 8 heteroatoms. The number of hydrogen-bond acceptors (Lipinski definition) is 4. The Kier molecular flexibility index (Phi) is 3.72. The Morgan fingerprint density at radius 1 is 1.47 bits per heavy atom. The van der Waals surface area contributed by atoms with E-state index in [4.69, 9.17) is 10.6 Å². The SMILES string of the molecule is CS(=O)(=O)c1cc(CN=[N+]=[N-])cc(C(=O)O)c1. The minimum Gasteiger partial charge on any atom is -0.478 e. The number of benzene rings is 1. The molecule has 0 radical (unpaired) electrons. The van der Waals surface area contributed by atoms with Gasteiger partial charge >= 0.3 is 5.97 Å². The molecule has 0 fully saturated rings. The molecule has 0 unspecified atom stereocenters. The first-order valence-corrected chi connectivity index (χ1v) is 6.32. The molecule has 0 bridgehead atoms. The number of aromatic carboxylic acids is 1. The van der Waals surface area contributed by atoms with Gasteiger partial charge < -0.3 is 5.11 Å². The van der Waals surface area contributed by atoms with Crippen LogP contribution >= 0.6 is 0 Å². The summed E-state index contributed by atoms with van der Waals surface area (Å²) >= 11 is 0. The predicted octanol–water partition coefficient (Wildman–Crippen LogP) is 1.60. The molecule has 0 aliphatic rings. The Labute approximate surface area is 97.2 Å². The van der Waals surface area contributed by atoms with Crippen molar-refractivity contribution in [2.75, 3.05) is 6.26 Å². The third-order valence-corrected chi connectivity index (χ3v) is 3.05. The first-order valence-electron chi connectivity index (χ1n) is 4.43. The molecule has 0 heterocycles. The number of rotatable bonds is 4. The van der Waals surface area contributed by atoms with Gasteiger partial charge in [-0.25, -0.2) is 13.2 Å². The summed E-state index contributed by atoms with van der Waals surface area (Å²) in [6.07, 6.45) is 0.977. The van der Waals surface area contributed by atoms with Gasteiger partial charge in [0, 0.05) is 11.2 Å². The van der Waals surface area contributed by atoms with Crippen molar-refractivity contribution in [1.29, 1.82) is 0 Å². The molecule has 0 amide bonds. The second-order valence-corrected chi connectivity index (χ2v) is 5.35. The summed E-state index contributed by atoms with van der Waals surface area (Å²) in [6.45, 7) is -0.0971. The quantitative estimate of drug-likeness (QED) is 0.499. The Bertz CT molecular complexity index is 603. The molecule has 0 aliphatic carbocycles. The maximum absolute atomic E-state index is 11.3. The van der Waals surface area contributed by atoms with E-state index in [0.29, 0.717) is 5.56 Å². The molecule has 0 spiro atoms. The number of sulfone groups is 1. The van der Waals surface area contributed by atoms with Gasteiger partial charge in [-0.1, -0.05) is 5.11 Å². The van der Waals surface area contributed by atoms with Gasteiger partial charge in [0.2, 0.25) is 0 Å². The lowest BCUT2D eigenvalue weighted by Crippen LogP contribution is -2.03. The summed E-state index contributed by atoms with van der Waals surface area (Å²) in [7, 11) is -3.50. The number of nitrogens with zero attached hydrogens (tertiary/aromatic N) is 3. The first kappa shape index (κ1) is 13.0. The second-order valence-electron chi connectivity index (χ2n) is 3.33. The largest absolute Gasteiger partial charge is 0.478 e. The highest BCUT2D eigenvalue weighted by molar-refractivity contribution is 7.90. The van der Waals surface area contributed by atoms with Crippen LogP contribution in [0, 0.1) is 0 Å². The predicted molar refractivity (Wildman–Crippen MR) is 59.4 cm³/mol. The van der Waals surface area contributed by atoms with Crippen LogP contribution in [0.3, 0.4) is 0 Å². The summed E-state index contributed by atoms with van der Waals surface area (Å²) in [4.78, 5) is 13.2. The summed E-state index contributed by atoms with van der Waals surface area (Å²) in [5.41, 5.74) is 8.34. The number of hydrogen-bond donors (Lipinski definition) is 1. The van der Waals surface area contributed by atoms with Crippen LogP contribution in [0.2, 0.25) is 0 Å². The van der Waals surface area contributed by atoms with Gasteiger partial charge in [0.25, 0.3) is 0 Å². The number of azide groups is 1. The average molecular weight is 255 g/mol. The molecular weight excluding hydrogens is 246 g/mol. The van der Waals surface area contributed by atoms with E-state index in [9.17, 15) is 13.2 Å². The van der Waals surface area contributed by atoms with E-state index in [1.54, 1.807) is 0 Å². The fourth-order valence-corrected chi connectivity index (χ4v) is 1.91. The third kappa shape index (κ3) is 3.47. The lowest BCUT2D eigenvalue weighted by atomic mass is 10.1. The van der Waals surface area contributed by atoms with Gasteiger partial charge in [-0.15, -0.1) is 0 Å². The smallest absolute Gasteiger partial charge is 0.335 e. The van der Waals surface area contributed by atoms with Crippen molar-refractivity contribution < 1.29 is 18.3 Å². The molecule has 0 aromatic heterocycles. The van der Waals surface area contributed by atoms with Gasteiger partial charge in [-0.05, 0) is 29.3 Å². The third-order valence-electron chi connectivity index (χ3n) is 1.96. The standard InChI is InChI=1S/C9H9N3O4S/c1-17(15,16)8-3-6(5-11-12-10)2-7(4-8)9(13)14/h2-4H,5H2,1H3,(H,13,14). The maximum Gasteiger partial charge on any atom is 0.335 e. The zero-order chi connectivity index (χ0) is 13.1. The van der Waals surface area contributed by atoms with E-state index in [2.05, 4.69) is 10.0 Å². The monoisotopic (exact) mass is 255 g/mol. The van der Waals surface area contributed by atoms with Gasteiger partial charge in [0.15, 0.2) is 9.84 Å². The van der Waals surface area contributed by atoms with Crippen molar-refractivity contribution >= 4 is 15.8 Å². The highest BCUT2D eigenvalue weighted by Gasteiger charge is 2.13. The number of carbonyl (C=O) groups is 1. The van der Waals surface area contributed by atoms with Gasteiger partial charge in [-0.2, -0.15) is 0 Å². The minimum atomic E-state index is -3.50. The summed E-state index contributed by atoms with van der Waals surface area (Å²) in [5, 5.41) is 12.1. The molecule has 0 saturated heterocycles. The lowest BCUT2D eigenvalue weighted by molar-refractivity contribution is 0.0696. The van der Waals surface area contributed by atoms with Crippen LogP contribution in [0.25, 0.3) is 10.4 Å². The van der Waals surface area contributed by atoms with E-state index in [1.165, 1.54) is 12.1 Å². The van der Waals surface area contributed by atoms with Crippen LogP contribution in [-0.2, 0) is 16.4 Å². The molecule has 1 aromatic rings. The fraction of sp³-hybridized carbons (Fsp3) is 0.222. The summed E-state index contributed by atoms with van der Waals surface area (Å²) in [6, 6.07) is 3.62. The molecule has 17 heavy (non-hydrogen) atoms. The van der Waals surface area contributed by atoms with Gasteiger partial charge in [0.1, 0.15) is 0 Å². The topological polar surface area (TPSA) is 120 Å². The Morgan fingerprint density at radius 3 is 2.59 bits per heavy atom. The molecule has 7 nitrogen and oxygen atoms in total. The zero-order valence-corrected chi connectivity index (χ0v) is 9.68. The summed E-state index contributed by atoms with van der Waals surface area (Å²) in [5.74, 6) is -1.24. The molecule has 1 rings (SSSR count).